The van der Waals surface area contributed by atoms with Gasteiger partial charge in [-0.2, -0.15) is 0 Å². The van der Waals surface area contributed by atoms with Crippen molar-refractivity contribution in [3.63, 3.8) is 0 Å². The molecular weight excluding hydrogens is 441 g/mol. The van der Waals surface area contributed by atoms with Crippen LogP contribution in [0.15, 0.2) is 17.1 Å². The van der Waals surface area contributed by atoms with Crippen molar-refractivity contribution in [3.8, 4) is 0 Å². The van der Waals surface area contributed by atoms with Gasteiger partial charge in [0.15, 0.2) is 5.96 Å². The Kier molecular flexibility index (Phi) is 10.5. The quantitative estimate of drug-likeness (QED) is 0.255. The average Bonchev–Trinajstić information content (AvgIpc) is 3.22. The van der Waals surface area contributed by atoms with Crippen molar-refractivity contribution in [2.75, 3.05) is 46.8 Å². The molecule has 1 heterocycles. The predicted molar refractivity (Wildman–Crippen MR) is 119 cm³/mol. The lowest BCUT2D eigenvalue weighted by molar-refractivity contribution is -0.127. The zero-order valence-electron chi connectivity index (χ0n) is 16.6. The smallest absolute Gasteiger partial charge is 0.243 e. The molecule has 1 aliphatic heterocycles. The molecule has 0 aromatic heterocycles. The molecule has 0 radical (unpaired) electrons. The first-order chi connectivity index (χ1) is 11.9. The Morgan fingerprint density at radius 2 is 1.96 bits per heavy atom. The molecule has 1 atom stereocenters. The van der Waals surface area contributed by atoms with Gasteiger partial charge in [0.25, 0.3) is 0 Å². The molecule has 1 unspecified atom stereocenters. The molecule has 2 fully saturated rings. The average molecular weight is 477 g/mol. The maximum Gasteiger partial charge on any atom is 0.243 e. The van der Waals surface area contributed by atoms with Crippen molar-refractivity contribution in [1.29, 1.82) is 0 Å². The Balaban J connectivity index is 0.00000338. The van der Waals surface area contributed by atoms with Crippen LogP contribution in [0.5, 0.6) is 0 Å². The van der Waals surface area contributed by atoms with Crippen LogP contribution < -0.4 is 10.6 Å². The van der Waals surface area contributed by atoms with Crippen molar-refractivity contribution in [1.82, 2.24) is 20.4 Å². The van der Waals surface area contributed by atoms with E-state index in [-0.39, 0.29) is 36.4 Å². The van der Waals surface area contributed by atoms with Crippen LogP contribution in [0.1, 0.15) is 39.0 Å². The number of nitrogens with zero attached hydrogens (tertiary/aromatic N) is 3. The highest BCUT2D eigenvalue weighted by atomic mass is 127. The number of amides is 1. The first kappa shape index (κ1) is 23.2. The molecular formula is C19H36IN5O. The van der Waals surface area contributed by atoms with Crippen LogP contribution in [-0.2, 0) is 4.79 Å². The van der Waals surface area contributed by atoms with Gasteiger partial charge in [0.2, 0.25) is 5.91 Å². The Morgan fingerprint density at radius 1 is 1.27 bits per heavy atom. The summed E-state index contributed by atoms with van der Waals surface area (Å²) in [4.78, 5) is 20.4. The summed E-state index contributed by atoms with van der Waals surface area (Å²) in [6, 6.07) is 0.396. The molecule has 1 saturated heterocycles. The van der Waals surface area contributed by atoms with E-state index in [9.17, 15) is 4.79 Å². The highest BCUT2D eigenvalue weighted by Gasteiger charge is 2.26. The molecule has 6 nitrogen and oxygen atoms in total. The second kappa shape index (κ2) is 11.8. The van der Waals surface area contributed by atoms with Crippen molar-refractivity contribution in [2.45, 2.75) is 45.1 Å². The molecule has 2 rings (SSSR count). The minimum absolute atomic E-state index is 0. The molecule has 2 N–H and O–H groups in total. The zero-order valence-corrected chi connectivity index (χ0v) is 18.9. The second-order valence-corrected chi connectivity index (χ2v) is 7.80. The van der Waals surface area contributed by atoms with Gasteiger partial charge in [-0.05, 0) is 32.1 Å². The molecule has 0 bridgehead atoms. The molecule has 1 aliphatic carbocycles. The number of aliphatic imine (C=N–C) groups is 1. The normalized spacial score (nSPS) is 21.3. The van der Waals surface area contributed by atoms with E-state index in [1.54, 1.807) is 19.0 Å². The number of carbonyl (C=O) groups is 1. The third-order valence-electron chi connectivity index (χ3n) is 5.03. The maximum atomic E-state index is 11.8. The molecule has 0 aromatic rings. The Morgan fingerprint density at radius 3 is 2.58 bits per heavy atom. The van der Waals surface area contributed by atoms with E-state index in [4.69, 9.17) is 0 Å². The number of likely N-dealkylation sites (N-methyl/N-ethyl adjacent to an activating group) is 1. The topological polar surface area (TPSA) is 60.0 Å². The van der Waals surface area contributed by atoms with Gasteiger partial charge >= 0.3 is 0 Å². The number of carbonyl (C=O) groups excluding carboxylic acids is 1. The zero-order chi connectivity index (χ0) is 18.2. The first-order valence-corrected chi connectivity index (χ1v) is 9.55. The lowest BCUT2D eigenvalue weighted by Gasteiger charge is -2.21. The summed E-state index contributed by atoms with van der Waals surface area (Å²) in [6.45, 7) is 10.2. The van der Waals surface area contributed by atoms with Crippen LogP contribution >= 0.6 is 24.0 Å². The monoisotopic (exact) mass is 477 g/mol. The third kappa shape index (κ3) is 8.24. The van der Waals surface area contributed by atoms with Gasteiger partial charge in [0, 0.05) is 46.3 Å². The summed E-state index contributed by atoms with van der Waals surface area (Å²) in [5.74, 6) is 1.61. The Labute approximate surface area is 175 Å². The largest absolute Gasteiger partial charge is 0.353 e. The number of halogens is 1. The molecule has 2 aliphatic rings. The summed E-state index contributed by atoms with van der Waals surface area (Å²) >= 11 is 0. The van der Waals surface area contributed by atoms with E-state index in [1.165, 1.54) is 32.2 Å². The predicted octanol–water partition coefficient (Wildman–Crippen LogP) is 2.07. The fourth-order valence-corrected chi connectivity index (χ4v) is 3.54. The lowest BCUT2D eigenvalue weighted by Crippen LogP contribution is -2.45. The Bertz CT molecular complexity index is 488. The van der Waals surface area contributed by atoms with Gasteiger partial charge in [0.05, 0.1) is 0 Å². The van der Waals surface area contributed by atoms with Gasteiger partial charge in [-0.15, -0.1) is 24.0 Å². The van der Waals surface area contributed by atoms with E-state index in [2.05, 4.69) is 27.1 Å². The van der Waals surface area contributed by atoms with Crippen LogP contribution in [0.4, 0.5) is 0 Å². The fourth-order valence-electron chi connectivity index (χ4n) is 3.54. The van der Waals surface area contributed by atoms with E-state index >= 15 is 0 Å². The SMILES string of the molecule is C=C(C)CNC(=NCC(=O)N(C)C)NC1CCN(CC2CCCC2)C1.I. The third-order valence-corrected chi connectivity index (χ3v) is 5.03. The standard InChI is InChI=1S/C19H35N5O.HI/c1-15(2)11-20-19(21-12-18(25)23(3)4)22-17-9-10-24(14-17)13-16-7-5-6-8-16;/h16-17H,1,5-14H2,2-4H3,(H2,20,21,22);1H. The Hall–Kier alpha value is -0.830. The summed E-state index contributed by atoms with van der Waals surface area (Å²) in [5.41, 5.74) is 1.04. The van der Waals surface area contributed by atoms with Gasteiger partial charge in [-0.3, -0.25) is 4.79 Å². The van der Waals surface area contributed by atoms with Crippen LogP contribution in [0.3, 0.4) is 0 Å². The van der Waals surface area contributed by atoms with Crippen LogP contribution in [0.25, 0.3) is 0 Å². The number of guanidine groups is 1. The second-order valence-electron chi connectivity index (χ2n) is 7.80. The van der Waals surface area contributed by atoms with Gasteiger partial charge in [-0.25, -0.2) is 4.99 Å². The van der Waals surface area contributed by atoms with Gasteiger partial charge < -0.3 is 20.4 Å². The molecule has 7 heteroatoms. The molecule has 26 heavy (non-hydrogen) atoms. The lowest BCUT2D eigenvalue weighted by atomic mass is 10.1. The molecule has 1 saturated carbocycles. The van der Waals surface area contributed by atoms with E-state index in [0.717, 1.165) is 31.0 Å². The van der Waals surface area contributed by atoms with Crippen molar-refractivity contribution >= 4 is 35.8 Å². The molecule has 0 spiro atoms. The first-order valence-electron chi connectivity index (χ1n) is 9.55. The maximum absolute atomic E-state index is 11.8. The summed E-state index contributed by atoms with van der Waals surface area (Å²) in [7, 11) is 3.51. The number of hydrogen-bond donors (Lipinski definition) is 2. The molecule has 0 aromatic carbocycles. The van der Waals surface area contributed by atoms with Gasteiger partial charge in [-0.1, -0.05) is 25.0 Å². The van der Waals surface area contributed by atoms with Crippen LogP contribution in [0.2, 0.25) is 0 Å². The number of hydrogen-bond acceptors (Lipinski definition) is 3. The fraction of sp³-hybridized carbons (Fsp3) is 0.789. The van der Waals surface area contributed by atoms with Crippen molar-refractivity contribution in [2.24, 2.45) is 10.9 Å². The summed E-state index contributed by atoms with van der Waals surface area (Å²) in [5, 5.41) is 6.78. The minimum Gasteiger partial charge on any atom is -0.353 e. The van der Waals surface area contributed by atoms with Crippen LogP contribution in [0, 0.1) is 5.92 Å². The number of rotatable bonds is 7. The summed E-state index contributed by atoms with van der Waals surface area (Å²) in [6.07, 6.45) is 6.73. The minimum atomic E-state index is 0. The van der Waals surface area contributed by atoms with Crippen molar-refractivity contribution in [3.05, 3.63) is 12.2 Å². The van der Waals surface area contributed by atoms with Crippen molar-refractivity contribution < 1.29 is 4.79 Å². The highest BCUT2D eigenvalue weighted by molar-refractivity contribution is 14.0. The number of likely N-dealkylation sites (tertiary alicyclic amines) is 1. The van der Waals surface area contributed by atoms with Crippen LogP contribution in [-0.4, -0.2) is 74.5 Å². The van der Waals surface area contributed by atoms with E-state index in [1.807, 2.05) is 6.92 Å². The highest BCUT2D eigenvalue weighted by Crippen LogP contribution is 2.26. The molecule has 150 valence electrons. The van der Waals surface area contributed by atoms with Gasteiger partial charge in [0.1, 0.15) is 6.54 Å². The van der Waals surface area contributed by atoms with E-state index < -0.39 is 0 Å². The summed E-state index contributed by atoms with van der Waals surface area (Å²) < 4.78 is 0. The van der Waals surface area contributed by atoms with E-state index in [0.29, 0.717) is 18.5 Å². The number of nitrogens with one attached hydrogen (secondary N) is 2. The molecule has 1 amide bonds.